The lowest BCUT2D eigenvalue weighted by molar-refractivity contribution is -0.138. The first kappa shape index (κ1) is 16.9. The van der Waals surface area contributed by atoms with E-state index in [1.54, 1.807) is 0 Å². The number of anilines is 1. The molecule has 136 valence electrons. The van der Waals surface area contributed by atoms with Gasteiger partial charge in [0.25, 0.3) is 0 Å². The van der Waals surface area contributed by atoms with Gasteiger partial charge in [0, 0.05) is 37.8 Å². The Bertz CT molecular complexity index is 622. The monoisotopic (exact) mass is 341 g/mol. The quantitative estimate of drug-likeness (QED) is 0.917. The Morgan fingerprint density at radius 3 is 2.84 bits per heavy atom. The molecule has 3 aliphatic heterocycles. The van der Waals surface area contributed by atoms with Gasteiger partial charge in [0.1, 0.15) is 0 Å². The van der Waals surface area contributed by atoms with Crippen LogP contribution in [-0.4, -0.2) is 48.4 Å². The van der Waals surface area contributed by atoms with E-state index in [9.17, 15) is 4.79 Å². The van der Waals surface area contributed by atoms with Gasteiger partial charge in [-0.25, -0.2) is 0 Å². The lowest BCUT2D eigenvalue weighted by Crippen LogP contribution is -2.45. The summed E-state index contributed by atoms with van der Waals surface area (Å²) in [5.74, 6) is 1.35. The molecule has 2 saturated heterocycles. The van der Waals surface area contributed by atoms with Crippen LogP contribution in [0, 0.1) is 11.8 Å². The number of piperidine rings is 2. The molecule has 1 aromatic rings. The molecule has 0 bridgehead atoms. The number of hydrogen-bond donors (Lipinski definition) is 1. The van der Waals surface area contributed by atoms with Gasteiger partial charge in [0.15, 0.2) is 0 Å². The molecule has 0 aromatic heterocycles. The van der Waals surface area contributed by atoms with Crippen molar-refractivity contribution >= 4 is 11.6 Å². The second-order valence-corrected chi connectivity index (χ2v) is 8.21. The lowest BCUT2D eigenvalue weighted by atomic mass is 9.92. The number of carbonyl (C=O) groups excluding carboxylic acids is 1. The second kappa shape index (κ2) is 7.36. The van der Waals surface area contributed by atoms with Crippen LogP contribution in [0.25, 0.3) is 0 Å². The molecular formula is C21H31N3O. The van der Waals surface area contributed by atoms with Crippen molar-refractivity contribution < 1.29 is 4.79 Å². The van der Waals surface area contributed by atoms with Gasteiger partial charge >= 0.3 is 0 Å². The topological polar surface area (TPSA) is 35.6 Å². The van der Waals surface area contributed by atoms with Crippen LogP contribution < -0.4 is 5.32 Å². The van der Waals surface area contributed by atoms with Gasteiger partial charge in [-0.3, -0.25) is 9.69 Å². The first-order valence-electron chi connectivity index (χ1n) is 10.1. The summed E-state index contributed by atoms with van der Waals surface area (Å²) < 4.78 is 0. The molecule has 3 heterocycles. The summed E-state index contributed by atoms with van der Waals surface area (Å²) in [6, 6.07) is 6.68. The van der Waals surface area contributed by atoms with Gasteiger partial charge < -0.3 is 10.2 Å². The van der Waals surface area contributed by atoms with Crippen molar-refractivity contribution in [1.82, 2.24) is 9.80 Å². The maximum atomic E-state index is 12.8. The van der Waals surface area contributed by atoms with Crippen LogP contribution in [-0.2, 0) is 17.8 Å². The van der Waals surface area contributed by atoms with E-state index in [1.807, 2.05) is 0 Å². The van der Waals surface area contributed by atoms with Crippen molar-refractivity contribution in [3.63, 3.8) is 0 Å². The fourth-order valence-corrected chi connectivity index (χ4v) is 4.77. The van der Waals surface area contributed by atoms with Crippen LogP contribution >= 0.6 is 0 Å². The molecule has 3 aliphatic rings. The number of benzene rings is 1. The van der Waals surface area contributed by atoms with Gasteiger partial charge in [0.05, 0.1) is 0 Å². The SMILES string of the molecule is CC1CCCN(C(=O)C2CCN(Cc3cccc4c3NCC4)CC2)C1. The maximum Gasteiger partial charge on any atom is 0.225 e. The minimum Gasteiger partial charge on any atom is -0.384 e. The smallest absolute Gasteiger partial charge is 0.225 e. The minimum atomic E-state index is 0.251. The predicted molar refractivity (Wildman–Crippen MR) is 102 cm³/mol. The molecule has 4 rings (SSSR count). The van der Waals surface area contributed by atoms with Crippen molar-refractivity contribution in [2.45, 2.75) is 45.6 Å². The van der Waals surface area contributed by atoms with E-state index in [-0.39, 0.29) is 5.92 Å². The summed E-state index contributed by atoms with van der Waals surface area (Å²) in [7, 11) is 0. The molecule has 0 aliphatic carbocycles. The van der Waals surface area contributed by atoms with E-state index in [2.05, 4.69) is 40.2 Å². The van der Waals surface area contributed by atoms with Gasteiger partial charge in [-0.1, -0.05) is 25.1 Å². The van der Waals surface area contributed by atoms with Crippen molar-refractivity contribution in [1.29, 1.82) is 0 Å². The Morgan fingerprint density at radius 2 is 2.04 bits per heavy atom. The van der Waals surface area contributed by atoms with E-state index in [0.717, 1.165) is 58.5 Å². The minimum absolute atomic E-state index is 0.251. The highest BCUT2D eigenvalue weighted by Gasteiger charge is 2.30. The Hall–Kier alpha value is -1.55. The average molecular weight is 341 g/mol. The van der Waals surface area contributed by atoms with Crippen LogP contribution in [0.2, 0.25) is 0 Å². The number of carbonyl (C=O) groups is 1. The number of fused-ring (bicyclic) bond motifs is 1. The standard InChI is InChI=1S/C21H31N3O/c1-16-4-3-11-24(14-16)21(25)18-8-12-23(13-9-18)15-19-6-2-5-17-7-10-22-20(17)19/h2,5-6,16,18,22H,3-4,7-15H2,1H3. The molecule has 0 spiro atoms. The third-order valence-electron chi connectivity index (χ3n) is 6.23. The molecule has 1 amide bonds. The third kappa shape index (κ3) is 3.69. The molecule has 1 unspecified atom stereocenters. The van der Waals surface area contributed by atoms with E-state index in [0.29, 0.717) is 11.8 Å². The van der Waals surface area contributed by atoms with Crippen LogP contribution in [0.3, 0.4) is 0 Å². The van der Waals surface area contributed by atoms with Crippen LogP contribution in [0.4, 0.5) is 5.69 Å². The number of likely N-dealkylation sites (tertiary alicyclic amines) is 2. The number of nitrogens with one attached hydrogen (secondary N) is 1. The number of rotatable bonds is 3. The first-order chi connectivity index (χ1) is 12.2. The molecule has 1 aromatic carbocycles. The van der Waals surface area contributed by atoms with Gasteiger partial charge in [-0.05, 0) is 62.2 Å². The van der Waals surface area contributed by atoms with Gasteiger partial charge in [0.2, 0.25) is 5.91 Å². The van der Waals surface area contributed by atoms with Gasteiger partial charge in [-0.15, -0.1) is 0 Å². The van der Waals surface area contributed by atoms with Crippen molar-refractivity contribution in [2.24, 2.45) is 11.8 Å². The fourth-order valence-electron chi connectivity index (χ4n) is 4.77. The van der Waals surface area contributed by atoms with Crippen molar-refractivity contribution in [2.75, 3.05) is 38.0 Å². The van der Waals surface area contributed by atoms with E-state index < -0.39 is 0 Å². The number of para-hydroxylation sites is 1. The van der Waals surface area contributed by atoms with Crippen LogP contribution in [0.5, 0.6) is 0 Å². The Kier molecular flexibility index (Phi) is 4.98. The highest BCUT2D eigenvalue weighted by atomic mass is 16.2. The summed E-state index contributed by atoms with van der Waals surface area (Å²) in [6.45, 7) is 8.39. The summed E-state index contributed by atoms with van der Waals surface area (Å²) in [5, 5.41) is 3.54. The summed E-state index contributed by atoms with van der Waals surface area (Å²) in [4.78, 5) is 17.5. The zero-order valence-electron chi connectivity index (χ0n) is 15.5. The fraction of sp³-hybridized carbons (Fsp3) is 0.667. The van der Waals surface area contributed by atoms with Crippen LogP contribution in [0.1, 0.15) is 43.7 Å². The maximum absolute atomic E-state index is 12.8. The molecule has 4 nitrogen and oxygen atoms in total. The zero-order valence-corrected chi connectivity index (χ0v) is 15.5. The number of amides is 1. The van der Waals surface area contributed by atoms with Crippen molar-refractivity contribution in [3.8, 4) is 0 Å². The van der Waals surface area contributed by atoms with E-state index in [4.69, 9.17) is 0 Å². The molecule has 25 heavy (non-hydrogen) atoms. The Morgan fingerprint density at radius 1 is 1.20 bits per heavy atom. The summed E-state index contributed by atoms with van der Waals surface area (Å²) >= 11 is 0. The highest BCUT2D eigenvalue weighted by molar-refractivity contribution is 5.79. The Balaban J connectivity index is 1.31. The highest BCUT2D eigenvalue weighted by Crippen LogP contribution is 2.29. The average Bonchev–Trinajstić information content (AvgIpc) is 3.12. The Labute approximate surface area is 151 Å². The van der Waals surface area contributed by atoms with E-state index >= 15 is 0 Å². The molecule has 4 heteroatoms. The third-order valence-corrected chi connectivity index (χ3v) is 6.23. The molecule has 1 N–H and O–H groups in total. The van der Waals surface area contributed by atoms with Crippen molar-refractivity contribution in [3.05, 3.63) is 29.3 Å². The number of nitrogens with zero attached hydrogens (tertiary/aromatic N) is 2. The van der Waals surface area contributed by atoms with Gasteiger partial charge in [-0.2, -0.15) is 0 Å². The van der Waals surface area contributed by atoms with E-state index in [1.165, 1.54) is 29.7 Å². The normalized spacial score (nSPS) is 24.8. The van der Waals surface area contributed by atoms with Crippen LogP contribution in [0.15, 0.2) is 18.2 Å². The summed E-state index contributed by atoms with van der Waals surface area (Å²) in [6.07, 6.45) is 5.64. The molecule has 0 radical (unpaired) electrons. The molecule has 2 fully saturated rings. The lowest BCUT2D eigenvalue weighted by Gasteiger charge is -2.37. The largest absolute Gasteiger partial charge is 0.384 e. The number of hydrogen-bond acceptors (Lipinski definition) is 3. The molecule has 0 saturated carbocycles. The molecule has 1 atom stereocenters. The predicted octanol–water partition coefficient (Wildman–Crippen LogP) is 3.13. The first-order valence-corrected chi connectivity index (χ1v) is 10.1. The second-order valence-electron chi connectivity index (χ2n) is 8.21. The molecular weight excluding hydrogens is 310 g/mol. The summed E-state index contributed by atoms with van der Waals surface area (Å²) in [5.41, 5.74) is 4.24. The zero-order chi connectivity index (χ0) is 17.2.